The first-order valence-corrected chi connectivity index (χ1v) is 8.23. The zero-order chi connectivity index (χ0) is 16.3. The smallest absolute Gasteiger partial charge is 0.228 e. The summed E-state index contributed by atoms with van der Waals surface area (Å²) in [4.78, 5) is 16.9. The highest BCUT2D eigenvalue weighted by Gasteiger charge is 2.48. The van der Waals surface area contributed by atoms with Gasteiger partial charge in [0, 0.05) is 37.8 Å². The molecule has 0 unspecified atom stereocenters. The van der Waals surface area contributed by atoms with E-state index in [9.17, 15) is 4.79 Å². The van der Waals surface area contributed by atoms with E-state index >= 15 is 0 Å². The number of nitriles is 1. The van der Waals surface area contributed by atoms with Crippen molar-refractivity contribution in [1.82, 2.24) is 4.90 Å². The van der Waals surface area contributed by atoms with E-state index in [1.807, 2.05) is 17.0 Å². The molecular formula is C18H23N3O2. The van der Waals surface area contributed by atoms with Gasteiger partial charge in [-0.2, -0.15) is 5.26 Å². The van der Waals surface area contributed by atoms with Crippen LogP contribution in [0.2, 0.25) is 0 Å². The van der Waals surface area contributed by atoms with Crippen molar-refractivity contribution in [3.05, 3.63) is 29.8 Å². The molecular weight excluding hydrogens is 290 g/mol. The monoisotopic (exact) mass is 313 g/mol. The first kappa shape index (κ1) is 16.0. The molecule has 1 amide bonds. The van der Waals surface area contributed by atoms with Crippen LogP contribution in [0, 0.1) is 11.3 Å². The zero-order valence-electron chi connectivity index (χ0n) is 13.6. The number of anilines is 1. The summed E-state index contributed by atoms with van der Waals surface area (Å²) in [7, 11) is 1.72. The van der Waals surface area contributed by atoms with Crippen LogP contribution in [-0.4, -0.2) is 49.7 Å². The third-order valence-electron chi connectivity index (χ3n) is 5.08. The molecule has 2 aliphatic rings. The second kappa shape index (κ2) is 6.69. The molecule has 2 heterocycles. The Bertz CT molecular complexity index is 625. The van der Waals surface area contributed by atoms with Crippen LogP contribution in [-0.2, 0) is 9.53 Å². The molecule has 0 aliphatic carbocycles. The number of ether oxygens (including phenoxy) is 1. The standard InChI is InChI=1S/C18H23N3O2/c1-23-10-9-20-8-3-2-7-18(20)12-17(22)21(14-18)16-6-4-5-15(11-16)13-19/h4-6,11H,2-3,7-10,12,14H2,1H3/t18-/m1/s1. The molecule has 5 heteroatoms. The Morgan fingerprint density at radius 3 is 3.04 bits per heavy atom. The molecule has 1 aromatic rings. The Hall–Kier alpha value is -1.90. The van der Waals surface area contributed by atoms with Gasteiger partial charge in [-0.25, -0.2) is 0 Å². The lowest BCUT2D eigenvalue weighted by atomic mass is 9.85. The molecule has 122 valence electrons. The van der Waals surface area contributed by atoms with Crippen LogP contribution in [0.5, 0.6) is 0 Å². The van der Waals surface area contributed by atoms with Crippen molar-refractivity contribution in [3.8, 4) is 6.07 Å². The van der Waals surface area contributed by atoms with Crippen LogP contribution in [0.15, 0.2) is 24.3 Å². The molecule has 23 heavy (non-hydrogen) atoms. The van der Waals surface area contributed by atoms with Gasteiger partial charge in [-0.05, 0) is 37.6 Å². The molecule has 2 aliphatic heterocycles. The second-order valence-electron chi connectivity index (χ2n) is 6.48. The highest BCUT2D eigenvalue weighted by Crippen LogP contribution is 2.39. The third-order valence-corrected chi connectivity index (χ3v) is 5.08. The maximum atomic E-state index is 12.7. The average Bonchev–Trinajstić information content (AvgIpc) is 2.91. The van der Waals surface area contributed by atoms with Crippen LogP contribution in [0.3, 0.4) is 0 Å². The number of likely N-dealkylation sites (tertiary alicyclic amines) is 1. The largest absolute Gasteiger partial charge is 0.383 e. The fourth-order valence-corrected chi connectivity index (χ4v) is 3.88. The lowest BCUT2D eigenvalue weighted by molar-refractivity contribution is -0.118. The van der Waals surface area contributed by atoms with E-state index < -0.39 is 0 Å². The number of carbonyl (C=O) groups is 1. The van der Waals surface area contributed by atoms with E-state index in [2.05, 4.69) is 11.0 Å². The fourth-order valence-electron chi connectivity index (χ4n) is 3.88. The number of nitrogens with zero attached hydrogens (tertiary/aromatic N) is 3. The SMILES string of the molecule is COCCN1CCCC[C@]12CC(=O)N(c1cccc(C#N)c1)C2. The van der Waals surface area contributed by atoms with Crippen molar-refractivity contribution in [1.29, 1.82) is 5.26 Å². The van der Waals surface area contributed by atoms with Gasteiger partial charge in [0.1, 0.15) is 0 Å². The van der Waals surface area contributed by atoms with Gasteiger partial charge in [-0.15, -0.1) is 0 Å². The number of benzene rings is 1. The van der Waals surface area contributed by atoms with E-state index in [1.165, 1.54) is 12.8 Å². The zero-order valence-corrected chi connectivity index (χ0v) is 13.6. The molecule has 0 aromatic heterocycles. The Labute approximate surface area is 137 Å². The minimum absolute atomic E-state index is 0.0729. The number of hydrogen-bond donors (Lipinski definition) is 0. The summed E-state index contributed by atoms with van der Waals surface area (Å²) >= 11 is 0. The average molecular weight is 313 g/mol. The van der Waals surface area contributed by atoms with Gasteiger partial charge in [-0.1, -0.05) is 12.5 Å². The van der Waals surface area contributed by atoms with E-state index in [0.717, 1.165) is 25.2 Å². The van der Waals surface area contributed by atoms with Crippen LogP contribution in [0.4, 0.5) is 5.69 Å². The molecule has 0 radical (unpaired) electrons. The van der Waals surface area contributed by atoms with Gasteiger partial charge >= 0.3 is 0 Å². The molecule has 1 spiro atoms. The summed E-state index contributed by atoms with van der Waals surface area (Å²) in [5.41, 5.74) is 1.36. The Morgan fingerprint density at radius 2 is 2.26 bits per heavy atom. The predicted octanol–water partition coefficient (Wildman–Crippen LogP) is 2.17. The molecule has 1 atom stereocenters. The van der Waals surface area contributed by atoms with E-state index in [1.54, 1.807) is 19.2 Å². The summed E-state index contributed by atoms with van der Waals surface area (Å²) < 4.78 is 5.24. The normalized spacial score (nSPS) is 25.0. The summed E-state index contributed by atoms with van der Waals surface area (Å²) in [5, 5.41) is 9.08. The number of piperidine rings is 1. The van der Waals surface area contributed by atoms with Gasteiger partial charge in [-0.3, -0.25) is 9.69 Å². The maximum absolute atomic E-state index is 12.7. The van der Waals surface area contributed by atoms with E-state index in [4.69, 9.17) is 10.00 Å². The highest BCUT2D eigenvalue weighted by molar-refractivity contribution is 5.97. The molecule has 2 fully saturated rings. The fraction of sp³-hybridized carbons (Fsp3) is 0.556. The first-order chi connectivity index (χ1) is 11.2. The Kier molecular flexibility index (Phi) is 4.65. The van der Waals surface area contributed by atoms with Crippen LogP contribution in [0.1, 0.15) is 31.2 Å². The summed E-state index contributed by atoms with van der Waals surface area (Å²) in [6.07, 6.45) is 3.97. The lowest BCUT2D eigenvalue weighted by Crippen LogP contribution is -2.54. The topological polar surface area (TPSA) is 56.6 Å². The van der Waals surface area contributed by atoms with Crippen molar-refractivity contribution in [3.63, 3.8) is 0 Å². The molecule has 1 aromatic carbocycles. The van der Waals surface area contributed by atoms with E-state index in [0.29, 0.717) is 25.1 Å². The summed E-state index contributed by atoms with van der Waals surface area (Å²) in [6, 6.07) is 9.48. The number of rotatable bonds is 4. The van der Waals surface area contributed by atoms with Crippen molar-refractivity contribution in [2.45, 2.75) is 31.2 Å². The number of methoxy groups -OCH3 is 1. The molecule has 2 saturated heterocycles. The quantitative estimate of drug-likeness (QED) is 0.855. The minimum atomic E-state index is -0.0729. The van der Waals surface area contributed by atoms with Crippen LogP contribution < -0.4 is 4.90 Å². The third kappa shape index (κ3) is 3.10. The van der Waals surface area contributed by atoms with Gasteiger partial charge in [0.15, 0.2) is 0 Å². The molecule has 0 bridgehead atoms. The summed E-state index contributed by atoms with van der Waals surface area (Å²) in [5.74, 6) is 0.157. The first-order valence-electron chi connectivity index (χ1n) is 8.23. The molecule has 5 nitrogen and oxygen atoms in total. The van der Waals surface area contributed by atoms with Gasteiger partial charge < -0.3 is 9.64 Å². The van der Waals surface area contributed by atoms with Crippen LogP contribution in [0.25, 0.3) is 0 Å². The van der Waals surface area contributed by atoms with E-state index in [-0.39, 0.29) is 11.4 Å². The number of carbonyl (C=O) groups excluding carboxylic acids is 1. The van der Waals surface area contributed by atoms with Crippen molar-refractivity contribution >= 4 is 11.6 Å². The lowest BCUT2D eigenvalue weighted by Gasteiger charge is -2.44. The Morgan fingerprint density at radius 1 is 1.39 bits per heavy atom. The maximum Gasteiger partial charge on any atom is 0.228 e. The van der Waals surface area contributed by atoms with Gasteiger partial charge in [0.25, 0.3) is 0 Å². The minimum Gasteiger partial charge on any atom is -0.383 e. The van der Waals surface area contributed by atoms with Gasteiger partial charge in [0.2, 0.25) is 5.91 Å². The predicted molar refractivity (Wildman–Crippen MR) is 88.2 cm³/mol. The van der Waals surface area contributed by atoms with Crippen molar-refractivity contribution in [2.75, 3.05) is 38.3 Å². The Balaban J connectivity index is 1.83. The summed E-state index contributed by atoms with van der Waals surface area (Å²) in [6.45, 7) is 3.31. The number of amides is 1. The highest BCUT2D eigenvalue weighted by atomic mass is 16.5. The van der Waals surface area contributed by atoms with Gasteiger partial charge in [0.05, 0.1) is 18.2 Å². The number of hydrogen-bond acceptors (Lipinski definition) is 4. The molecule has 3 rings (SSSR count). The van der Waals surface area contributed by atoms with Crippen molar-refractivity contribution in [2.24, 2.45) is 0 Å². The second-order valence-corrected chi connectivity index (χ2v) is 6.48. The molecule has 0 N–H and O–H groups in total. The van der Waals surface area contributed by atoms with Crippen LogP contribution >= 0.6 is 0 Å². The molecule has 0 saturated carbocycles. The van der Waals surface area contributed by atoms with Crippen molar-refractivity contribution < 1.29 is 9.53 Å².